The highest BCUT2D eigenvalue weighted by Gasteiger charge is 2.34. The van der Waals surface area contributed by atoms with Crippen LogP contribution >= 0.6 is 12.2 Å². The van der Waals surface area contributed by atoms with Crippen molar-refractivity contribution in [3.63, 3.8) is 0 Å². The van der Waals surface area contributed by atoms with Crippen molar-refractivity contribution in [3.05, 3.63) is 47.1 Å². The van der Waals surface area contributed by atoms with Crippen LogP contribution in [0.4, 0.5) is 11.4 Å². The van der Waals surface area contributed by atoms with Crippen LogP contribution < -0.4 is 20.9 Å². The first-order chi connectivity index (χ1) is 17.4. The summed E-state index contributed by atoms with van der Waals surface area (Å²) in [6.07, 6.45) is 3.47. The number of carbonyl (C=O) groups is 2. The summed E-state index contributed by atoms with van der Waals surface area (Å²) in [6, 6.07) is 6.88. The van der Waals surface area contributed by atoms with Crippen LogP contribution in [-0.4, -0.2) is 58.3 Å². The van der Waals surface area contributed by atoms with E-state index in [1.54, 1.807) is 38.1 Å². The lowest BCUT2D eigenvalue weighted by Gasteiger charge is -2.38. The lowest BCUT2D eigenvalue weighted by Crippen LogP contribution is -2.40. The first kappa shape index (κ1) is 28.5. The average molecular weight is 530 g/mol. The predicted molar refractivity (Wildman–Crippen MR) is 150 cm³/mol. The standard InChI is InChI=1S/C27H39N5O4S/c1-17-22(24(33)34)32(23(25(35)36)18(2)29-17)21-9-6-8-20(16-21)30-26(37)28-12-7-13-31-14-10-19(11-15-31)27(3,4)5/h6,8-9,16,19,29H,7,10-15H2,1-5H3,(H,33,34)(H,35,36)(H2,28,30,37). The molecule has 202 valence electrons. The minimum absolute atomic E-state index is 0.146. The Bertz CT molecular complexity index is 1060. The maximum absolute atomic E-state index is 12.0. The smallest absolute Gasteiger partial charge is 0.354 e. The number of thiocarbonyl (C=S) groups is 1. The molecule has 3 rings (SSSR count). The Labute approximate surface area is 224 Å². The van der Waals surface area contributed by atoms with E-state index in [2.05, 4.69) is 41.6 Å². The molecule has 10 heteroatoms. The first-order valence-corrected chi connectivity index (χ1v) is 13.1. The van der Waals surface area contributed by atoms with Crippen molar-refractivity contribution < 1.29 is 19.8 Å². The topological polar surface area (TPSA) is 117 Å². The minimum Gasteiger partial charge on any atom is -0.477 e. The van der Waals surface area contributed by atoms with Crippen LogP contribution in [0.3, 0.4) is 0 Å². The summed E-state index contributed by atoms with van der Waals surface area (Å²) >= 11 is 5.46. The number of piperidine rings is 1. The molecule has 0 atom stereocenters. The quantitative estimate of drug-likeness (QED) is 0.248. The van der Waals surface area contributed by atoms with Gasteiger partial charge in [-0.1, -0.05) is 26.8 Å². The summed E-state index contributed by atoms with van der Waals surface area (Å²) < 4.78 is 0. The first-order valence-electron chi connectivity index (χ1n) is 12.7. The molecule has 1 saturated heterocycles. The highest BCUT2D eigenvalue weighted by atomic mass is 32.1. The number of likely N-dealkylation sites (tertiary alicyclic amines) is 1. The van der Waals surface area contributed by atoms with Gasteiger partial charge in [-0.25, -0.2) is 9.59 Å². The van der Waals surface area contributed by atoms with Gasteiger partial charge in [0.25, 0.3) is 0 Å². The lowest BCUT2D eigenvalue weighted by atomic mass is 9.75. The fraction of sp³-hybridized carbons (Fsp3) is 0.519. The van der Waals surface area contributed by atoms with Gasteiger partial charge in [0.2, 0.25) is 0 Å². The molecule has 0 radical (unpaired) electrons. The van der Waals surface area contributed by atoms with Crippen LogP contribution in [-0.2, 0) is 9.59 Å². The second-order valence-corrected chi connectivity index (χ2v) is 11.2. The van der Waals surface area contributed by atoms with E-state index < -0.39 is 11.9 Å². The highest BCUT2D eigenvalue weighted by Crippen LogP contribution is 2.34. The molecule has 1 aromatic rings. The fourth-order valence-electron chi connectivity index (χ4n) is 5.04. The maximum atomic E-state index is 12.0. The summed E-state index contributed by atoms with van der Waals surface area (Å²) in [5, 5.41) is 29.3. The third-order valence-electron chi connectivity index (χ3n) is 7.05. The van der Waals surface area contributed by atoms with Crippen molar-refractivity contribution in [1.82, 2.24) is 15.5 Å². The molecule has 0 bridgehead atoms. The third-order valence-corrected chi connectivity index (χ3v) is 7.30. The van der Waals surface area contributed by atoms with Gasteiger partial charge < -0.3 is 31.1 Å². The van der Waals surface area contributed by atoms with Gasteiger partial charge in [0.15, 0.2) is 16.5 Å². The number of carboxylic acid groups (broad SMARTS) is 2. The summed E-state index contributed by atoms with van der Waals surface area (Å²) in [5.41, 5.74) is 1.83. The normalized spacial score (nSPS) is 17.5. The molecular weight excluding hydrogens is 490 g/mol. The van der Waals surface area contributed by atoms with Crippen LogP contribution in [0.5, 0.6) is 0 Å². The monoisotopic (exact) mass is 529 g/mol. The number of anilines is 2. The van der Waals surface area contributed by atoms with E-state index in [-0.39, 0.29) is 11.4 Å². The summed E-state index contributed by atoms with van der Waals surface area (Å²) in [7, 11) is 0. The molecule has 5 N–H and O–H groups in total. The van der Waals surface area contributed by atoms with Gasteiger partial charge >= 0.3 is 11.9 Å². The van der Waals surface area contributed by atoms with Crippen molar-refractivity contribution in [2.75, 3.05) is 36.4 Å². The number of hydrogen-bond donors (Lipinski definition) is 5. The van der Waals surface area contributed by atoms with E-state index in [0.29, 0.717) is 33.3 Å². The number of rotatable bonds is 8. The van der Waals surface area contributed by atoms with Crippen molar-refractivity contribution in [3.8, 4) is 0 Å². The number of carboxylic acids is 2. The molecular formula is C27H39N5O4S. The molecule has 0 aromatic heterocycles. The molecule has 1 fully saturated rings. The van der Waals surface area contributed by atoms with Gasteiger partial charge in [0.05, 0.1) is 0 Å². The van der Waals surface area contributed by atoms with Crippen LogP contribution in [0.2, 0.25) is 0 Å². The number of allylic oxidation sites excluding steroid dienone is 2. The van der Waals surface area contributed by atoms with E-state index in [4.69, 9.17) is 12.2 Å². The second-order valence-electron chi connectivity index (χ2n) is 10.8. The molecule has 2 aliphatic rings. The Morgan fingerprint density at radius 1 is 1.08 bits per heavy atom. The minimum atomic E-state index is -1.23. The Kier molecular flexibility index (Phi) is 9.20. The number of hydrogen-bond acceptors (Lipinski definition) is 6. The van der Waals surface area contributed by atoms with Crippen molar-refractivity contribution in [2.24, 2.45) is 11.3 Å². The van der Waals surface area contributed by atoms with E-state index in [0.717, 1.165) is 38.5 Å². The maximum Gasteiger partial charge on any atom is 0.354 e. The van der Waals surface area contributed by atoms with E-state index in [1.165, 1.54) is 17.7 Å². The SMILES string of the molecule is CC1=C(C(=O)O)N(c2cccc(NC(=S)NCCCN3CCC(C(C)(C)C)CC3)c2)C(C(=O)O)=C(C)N1. The molecule has 0 unspecified atom stereocenters. The molecule has 0 amide bonds. The number of benzene rings is 1. The van der Waals surface area contributed by atoms with Crippen molar-refractivity contribution in [2.45, 2.75) is 53.9 Å². The Hall–Kier alpha value is -3.11. The zero-order chi connectivity index (χ0) is 27.3. The van der Waals surface area contributed by atoms with Gasteiger partial charge in [0, 0.05) is 29.3 Å². The van der Waals surface area contributed by atoms with Gasteiger partial charge in [-0.05, 0) is 94.5 Å². The summed E-state index contributed by atoms with van der Waals surface area (Å²) in [5.74, 6) is -1.67. The van der Waals surface area contributed by atoms with E-state index in [9.17, 15) is 19.8 Å². The third kappa shape index (κ3) is 7.23. The zero-order valence-corrected chi connectivity index (χ0v) is 23.2. The van der Waals surface area contributed by atoms with Crippen LogP contribution in [0.1, 0.15) is 53.9 Å². The molecule has 0 aliphatic carbocycles. The number of nitrogens with one attached hydrogen (secondary N) is 3. The second kappa shape index (κ2) is 12.0. The van der Waals surface area contributed by atoms with Crippen LogP contribution in [0.15, 0.2) is 47.1 Å². The molecule has 2 heterocycles. The predicted octanol–water partition coefficient (Wildman–Crippen LogP) is 4.16. The molecule has 9 nitrogen and oxygen atoms in total. The zero-order valence-electron chi connectivity index (χ0n) is 22.4. The van der Waals surface area contributed by atoms with Gasteiger partial charge in [-0.2, -0.15) is 0 Å². The Balaban J connectivity index is 1.58. The van der Waals surface area contributed by atoms with Crippen LogP contribution in [0.25, 0.3) is 0 Å². The molecule has 37 heavy (non-hydrogen) atoms. The Morgan fingerprint density at radius 3 is 2.22 bits per heavy atom. The average Bonchev–Trinajstić information content (AvgIpc) is 2.80. The van der Waals surface area contributed by atoms with Crippen molar-refractivity contribution >= 4 is 40.6 Å². The van der Waals surface area contributed by atoms with Gasteiger partial charge in [-0.15, -0.1) is 0 Å². The highest BCUT2D eigenvalue weighted by molar-refractivity contribution is 7.80. The summed E-state index contributed by atoms with van der Waals surface area (Å²) in [4.78, 5) is 27.8. The fourth-order valence-corrected chi connectivity index (χ4v) is 5.26. The molecule has 2 aliphatic heterocycles. The molecule has 0 spiro atoms. The largest absolute Gasteiger partial charge is 0.477 e. The lowest BCUT2D eigenvalue weighted by molar-refractivity contribution is -0.133. The van der Waals surface area contributed by atoms with Crippen LogP contribution in [0, 0.1) is 11.3 Å². The van der Waals surface area contributed by atoms with Gasteiger partial charge in [-0.3, -0.25) is 4.90 Å². The van der Waals surface area contributed by atoms with E-state index >= 15 is 0 Å². The molecule has 0 saturated carbocycles. The van der Waals surface area contributed by atoms with E-state index in [1.807, 2.05) is 0 Å². The van der Waals surface area contributed by atoms with Crippen molar-refractivity contribution in [1.29, 1.82) is 0 Å². The van der Waals surface area contributed by atoms with Gasteiger partial charge in [0.1, 0.15) is 0 Å². The number of aliphatic carboxylic acids is 2. The molecule has 1 aromatic carbocycles. The number of nitrogens with zero attached hydrogens (tertiary/aromatic N) is 2. The Morgan fingerprint density at radius 2 is 1.68 bits per heavy atom. The summed E-state index contributed by atoms with van der Waals surface area (Å²) in [6.45, 7) is 14.2.